The lowest BCUT2D eigenvalue weighted by Gasteiger charge is -2.14. The van der Waals surface area contributed by atoms with Gasteiger partial charge in [-0.05, 0) is 29.8 Å². The van der Waals surface area contributed by atoms with E-state index in [0.29, 0.717) is 21.5 Å². The zero-order valence-electron chi connectivity index (χ0n) is 14.1. The lowest BCUT2D eigenvalue weighted by atomic mass is 10.2. The Hall–Kier alpha value is -2.15. The number of thioether (sulfide) groups is 1. The maximum atomic E-state index is 12.7. The van der Waals surface area contributed by atoms with E-state index >= 15 is 0 Å². The monoisotopic (exact) mass is 455 g/mol. The van der Waals surface area contributed by atoms with Crippen LogP contribution in [0.1, 0.15) is 11.3 Å². The first-order valence-electron chi connectivity index (χ1n) is 8.25. The van der Waals surface area contributed by atoms with Gasteiger partial charge in [0, 0.05) is 16.1 Å². The summed E-state index contributed by atoms with van der Waals surface area (Å²) in [5.74, 6) is 1.29. The summed E-state index contributed by atoms with van der Waals surface area (Å²) in [5.41, 5.74) is 2.02. The minimum absolute atomic E-state index is 0.0886. The highest BCUT2D eigenvalue weighted by Crippen LogP contribution is 2.34. The average molecular weight is 456 g/mol. The van der Waals surface area contributed by atoms with E-state index in [0.717, 1.165) is 21.4 Å². The fourth-order valence-corrected chi connectivity index (χ4v) is 4.39. The zero-order valence-corrected chi connectivity index (χ0v) is 17.3. The van der Waals surface area contributed by atoms with Crippen LogP contribution < -0.4 is 0 Å². The third-order valence-corrected chi connectivity index (χ3v) is 5.94. The molecule has 0 aliphatic carbocycles. The molecule has 3 aromatic rings. The fourth-order valence-electron chi connectivity index (χ4n) is 2.76. The molecule has 134 valence electrons. The van der Waals surface area contributed by atoms with E-state index in [2.05, 4.69) is 15.9 Å². The first kappa shape index (κ1) is 18.2. The van der Waals surface area contributed by atoms with Gasteiger partial charge in [0.2, 0.25) is 0 Å². The van der Waals surface area contributed by atoms with Gasteiger partial charge in [0.05, 0.1) is 11.4 Å². The van der Waals surface area contributed by atoms with Crippen molar-refractivity contribution >= 4 is 56.2 Å². The Kier molecular flexibility index (Phi) is 5.29. The van der Waals surface area contributed by atoms with Crippen LogP contribution in [-0.4, -0.2) is 15.1 Å². The molecule has 4 rings (SSSR count). The van der Waals surface area contributed by atoms with Crippen molar-refractivity contribution in [3.63, 3.8) is 0 Å². The molecule has 2 aromatic carbocycles. The van der Waals surface area contributed by atoms with Gasteiger partial charge in [-0.2, -0.15) is 0 Å². The summed E-state index contributed by atoms with van der Waals surface area (Å²) >= 11 is 10.2. The first-order chi connectivity index (χ1) is 13.1. The van der Waals surface area contributed by atoms with E-state index in [-0.39, 0.29) is 5.91 Å². The molecule has 2 heterocycles. The Morgan fingerprint density at radius 1 is 1.07 bits per heavy atom. The normalized spacial score (nSPS) is 15.7. The van der Waals surface area contributed by atoms with Crippen molar-refractivity contribution in [2.24, 2.45) is 0 Å². The molecular weight excluding hydrogens is 442 g/mol. The molecule has 27 heavy (non-hydrogen) atoms. The number of thiocarbonyl (C=S) groups is 1. The summed E-state index contributed by atoms with van der Waals surface area (Å²) in [7, 11) is 0. The van der Waals surface area contributed by atoms with E-state index in [1.165, 1.54) is 11.8 Å². The molecule has 0 atom stereocenters. The number of carbonyl (C=O) groups excluding carboxylic acids is 1. The number of amides is 1. The quantitative estimate of drug-likeness (QED) is 0.350. The van der Waals surface area contributed by atoms with Crippen LogP contribution in [0.4, 0.5) is 0 Å². The maximum Gasteiger partial charge on any atom is 0.266 e. The summed E-state index contributed by atoms with van der Waals surface area (Å²) in [6.45, 7) is 0.476. The molecule has 3 nitrogen and oxygen atoms in total. The van der Waals surface area contributed by atoms with Crippen molar-refractivity contribution in [1.82, 2.24) is 4.90 Å². The van der Waals surface area contributed by atoms with Crippen LogP contribution in [0, 0.1) is 0 Å². The number of hydrogen-bond acceptors (Lipinski definition) is 4. The van der Waals surface area contributed by atoms with Gasteiger partial charge in [0.15, 0.2) is 0 Å². The Bertz CT molecular complexity index is 1040. The van der Waals surface area contributed by atoms with Gasteiger partial charge in [-0.15, -0.1) is 0 Å². The Morgan fingerprint density at radius 2 is 1.89 bits per heavy atom. The lowest BCUT2D eigenvalue weighted by Crippen LogP contribution is -2.27. The smallest absolute Gasteiger partial charge is 0.266 e. The molecule has 1 saturated heterocycles. The molecule has 1 fully saturated rings. The Balaban J connectivity index is 1.54. The van der Waals surface area contributed by atoms with Gasteiger partial charge >= 0.3 is 0 Å². The van der Waals surface area contributed by atoms with Crippen LogP contribution in [0.25, 0.3) is 17.4 Å². The molecular formula is C21H14BrNO2S2. The Labute approximate surface area is 175 Å². The number of benzene rings is 2. The predicted octanol–water partition coefficient (Wildman–Crippen LogP) is 6.11. The van der Waals surface area contributed by atoms with E-state index in [4.69, 9.17) is 16.6 Å². The molecule has 1 amide bonds. The number of halogens is 1. The molecule has 0 spiro atoms. The van der Waals surface area contributed by atoms with Gasteiger partial charge in [-0.1, -0.05) is 82.4 Å². The third kappa shape index (κ3) is 4.08. The minimum atomic E-state index is -0.0886. The Morgan fingerprint density at radius 3 is 2.67 bits per heavy atom. The lowest BCUT2D eigenvalue weighted by molar-refractivity contribution is -0.122. The van der Waals surface area contributed by atoms with Crippen molar-refractivity contribution in [2.75, 3.05) is 0 Å². The average Bonchev–Trinajstić information content (AvgIpc) is 3.23. The van der Waals surface area contributed by atoms with Crippen LogP contribution in [0.2, 0.25) is 0 Å². The SMILES string of the molecule is O=C1C(=Cc2ccc(-c3cccc(Br)c3)o2)SC(=S)N1Cc1ccccc1. The van der Waals surface area contributed by atoms with Gasteiger partial charge in [-0.25, -0.2) is 0 Å². The van der Waals surface area contributed by atoms with Crippen LogP contribution in [0.15, 0.2) is 80.5 Å². The fraction of sp³-hybridized carbons (Fsp3) is 0.0476. The van der Waals surface area contributed by atoms with Crippen molar-refractivity contribution < 1.29 is 9.21 Å². The second-order valence-electron chi connectivity index (χ2n) is 5.97. The molecule has 1 aromatic heterocycles. The summed E-state index contributed by atoms with van der Waals surface area (Å²) in [4.78, 5) is 14.9. The van der Waals surface area contributed by atoms with E-state index in [1.807, 2.05) is 66.7 Å². The largest absolute Gasteiger partial charge is 0.457 e. The van der Waals surface area contributed by atoms with Gasteiger partial charge in [-0.3, -0.25) is 9.69 Å². The highest BCUT2D eigenvalue weighted by molar-refractivity contribution is 9.10. The molecule has 1 aliphatic heterocycles. The molecule has 0 saturated carbocycles. The highest BCUT2D eigenvalue weighted by atomic mass is 79.9. The summed E-state index contributed by atoms with van der Waals surface area (Å²) in [5, 5.41) is 0. The number of rotatable bonds is 4. The highest BCUT2D eigenvalue weighted by Gasteiger charge is 2.32. The van der Waals surface area contributed by atoms with E-state index in [9.17, 15) is 4.79 Å². The first-order valence-corrected chi connectivity index (χ1v) is 10.3. The third-order valence-electron chi connectivity index (χ3n) is 4.07. The number of hydrogen-bond donors (Lipinski definition) is 0. The van der Waals surface area contributed by atoms with E-state index < -0.39 is 0 Å². The molecule has 0 unspecified atom stereocenters. The van der Waals surface area contributed by atoms with Crippen molar-refractivity contribution in [3.05, 3.63) is 87.4 Å². The minimum Gasteiger partial charge on any atom is -0.457 e. The molecule has 6 heteroatoms. The zero-order chi connectivity index (χ0) is 18.8. The van der Waals surface area contributed by atoms with E-state index in [1.54, 1.807) is 11.0 Å². The summed E-state index contributed by atoms with van der Waals surface area (Å²) in [6, 6.07) is 21.5. The molecule has 0 bridgehead atoms. The number of furan rings is 1. The van der Waals surface area contributed by atoms with Crippen LogP contribution in [0.3, 0.4) is 0 Å². The van der Waals surface area contributed by atoms with Gasteiger partial charge in [0.25, 0.3) is 5.91 Å². The van der Waals surface area contributed by atoms with Crippen LogP contribution in [-0.2, 0) is 11.3 Å². The molecule has 0 N–H and O–H groups in total. The summed E-state index contributed by atoms with van der Waals surface area (Å²) < 4.78 is 7.45. The van der Waals surface area contributed by atoms with Gasteiger partial charge in [0.1, 0.15) is 15.8 Å². The molecule has 0 radical (unpaired) electrons. The standard InChI is InChI=1S/C21H14BrNO2S2/c22-16-8-4-7-15(11-16)18-10-9-17(25-18)12-19-20(24)23(21(26)27-19)13-14-5-2-1-3-6-14/h1-12H,13H2. The topological polar surface area (TPSA) is 33.5 Å². The van der Waals surface area contributed by atoms with Crippen molar-refractivity contribution in [2.45, 2.75) is 6.54 Å². The van der Waals surface area contributed by atoms with Crippen molar-refractivity contribution in [3.8, 4) is 11.3 Å². The van der Waals surface area contributed by atoms with Crippen LogP contribution >= 0.6 is 39.9 Å². The number of carbonyl (C=O) groups is 1. The predicted molar refractivity (Wildman–Crippen MR) is 117 cm³/mol. The molecule has 1 aliphatic rings. The summed E-state index contributed by atoms with van der Waals surface area (Å²) in [6.07, 6.45) is 1.76. The second kappa shape index (κ2) is 7.84. The van der Waals surface area contributed by atoms with Gasteiger partial charge < -0.3 is 4.42 Å². The number of nitrogens with zero attached hydrogens (tertiary/aromatic N) is 1. The van der Waals surface area contributed by atoms with Crippen LogP contribution in [0.5, 0.6) is 0 Å². The van der Waals surface area contributed by atoms with Crippen molar-refractivity contribution in [1.29, 1.82) is 0 Å². The second-order valence-corrected chi connectivity index (χ2v) is 8.56. The maximum absolute atomic E-state index is 12.7.